The molecule has 0 aliphatic heterocycles. The van der Waals surface area contributed by atoms with Crippen molar-refractivity contribution in [2.45, 2.75) is 20.3 Å². The normalized spacial score (nSPS) is 10.2. The molecule has 0 radical (unpaired) electrons. The van der Waals surface area contributed by atoms with Crippen LogP contribution >= 0.6 is 15.9 Å². The Morgan fingerprint density at radius 1 is 1.56 bits per heavy atom. The molecule has 0 atom stereocenters. The van der Waals surface area contributed by atoms with Crippen molar-refractivity contribution >= 4 is 21.8 Å². The number of halogens is 1. The summed E-state index contributed by atoms with van der Waals surface area (Å²) < 4.78 is 0.705. The third-order valence-electron chi connectivity index (χ3n) is 2.03. The van der Waals surface area contributed by atoms with E-state index in [4.69, 9.17) is 4.84 Å². The first kappa shape index (κ1) is 13.1. The van der Waals surface area contributed by atoms with Crippen LogP contribution in [0.15, 0.2) is 22.9 Å². The van der Waals surface area contributed by atoms with E-state index >= 15 is 0 Å². The van der Waals surface area contributed by atoms with Gasteiger partial charge in [-0.05, 0) is 41.4 Å². The van der Waals surface area contributed by atoms with Crippen LogP contribution in [0.2, 0.25) is 0 Å². The SMILES string of the molecule is CCON(CC)C(=O)Cc1cccnc1Br. The standard InChI is InChI=1S/C11H15BrN2O2/c1-3-14(16-4-2)10(15)8-9-6-5-7-13-11(9)12/h5-7H,3-4,8H2,1-2H3. The Bertz CT molecular complexity index is 358. The van der Waals surface area contributed by atoms with E-state index < -0.39 is 0 Å². The second-order valence-corrected chi connectivity index (χ2v) is 3.89. The van der Waals surface area contributed by atoms with Gasteiger partial charge in [0.1, 0.15) is 4.60 Å². The first-order valence-corrected chi connectivity index (χ1v) is 6.01. The number of hydroxylamine groups is 2. The van der Waals surface area contributed by atoms with Crippen LogP contribution < -0.4 is 0 Å². The number of amides is 1. The van der Waals surface area contributed by atoms with Crippen LogP contribution in [0.4, 0.5) is 0 Å². The van der Waals surface area contributed by atoms with E-state index in [1.54, 1.807) is 6.20 Å². The molecule has 4 nitrogen and oxygen atoms in total. The molecular formula is C11H15BrN2O2. The minimum absolute atomic E-state index is 0.0574. The maximum atomic E-state index is 11.8. The molecule has 0 bridgehead atoms. The molecule has 0 fully saturated rings. The van der Waals surface area contributed by atoms with Gasteiger partial charge >= 0.3 is 0 Å². The van der Waals surface area contributed by atoms with E-state index in [9.17, 15) is 4.79 Å². The van der Waals surface area contributed by atoms with E-state index in [1.807, 2.05) is 26.0 Å². The van der Waals surface area contributed by atoms with Crippen LogP contribution in [0.3, 0.4) is 0 Å². The van der Waals surface area contributed by atoms with Gasteiger partial charge in [0.25, 0.3) is 5.91 Å². The topological polar surface area (TPSA) is 42.4 Å². The van der Waals surface area contributed by atoms with Gasteiger partial charge in [-0.15, -0.1) is 0 Å². The highest BCUT2D eigenvalue weighted by molar-refractivity contribution is 9.10. The maximum absolute atomic E-state index is 11.8. The van der Waals surface area contributed by atoms with Crippen LogP contribution in [0.1, 0.15) is 19.4 Å². The third-order valence-corrected chi connectivity index (χ3v) is 2.74. The van der Waals surface area contributed by atoms with Crippen molar-refractivity contribution in [2.75, 3.05) is 13.2 Å². The summed E-state index contributed by atoms with van der Waals surface area (Å²) in [5.41, 5.74) is 0.866. The molecule has 16 heavy (non-hydrogen) atoms. The van der Waals surface area contributed by atoms with Gasteiger partial charge in [-0.3, -0.25) is 9.63 Å². The highest BCUT2D eigenvalue weighted by atomic mass is 79.9. The lowest BCUT2D eigenvalue weighted by atomic mass is 10.2. The van der Waals surface area contributed by atoms with Crippen LogP contribution in [-0.2, 0) is 16.1 Å². The Morgan fingerprint density at radius 2 is 2.31 bits per heavy atom. The maximum Gasteiger partial charge on any atom is 0.250 e. The zero-order chi connectivity index (χ0) is 12.0. The minimum Gasteiger partial charge on any atom is -0.272 e. The fourth-order valence-electron chi connectivity index (χ4n) is 1.30. The van der Waals surface area contributed by atoms with Crippen LogP contribution in [0, 0.1) is 0 Å². The van der Waals surface area contributed by atoms with Crippen LogP contribution in [-0.4, -0.2) is 29.1 Å². The number of nitrogens with zero attached hydrogens (tertiary/aromatic N) is 2. The highest BCUT2D eigenvalue weighted by Crippen LogP contribution is 2.14. The molecule has 88 valence electrons. The molecule has 0 aromatic carbocycles. The number of carbonyl (C=O) groups excluding carboxylic acids is 1. The van der Waals surface area contributed by atoms with Gasteiger partial charge < -0.3 is 0 Å². The first-order chi connectivity index (χ1) is 7.69. The molecule has 0 saturated heterocycles. The number of carbonyl (C=O) groups is 1. The monoisotopic (exact) mass is 286 g/mol. The van der Waals surface area contributed by atoms with Crippen molar-refractivity contribution in [3.63, 3.8) is 0 Å². The zero-order valence-corrected chi connectivity index (χ0v) is 11.0. The molecular weight excluding hydrogens is 272 g/mol. The molecule has 0 aliphatic carbocycles. The number of aromatic nitrogens is 1. The van der Waals surface area contributed by atoms with Gasteiger partial charge in [0.15, 0.2) is 0 Å². The smallest absolute Gasteiger partial charge is 0.250 e. The van der Waals surface area contributed by atoms with Crippen molar-refractivity contribution in [3.05, 3.63) is 28.5 Å². The summed E-state index contributed by atoms with van der Waals surface area (Å²) in [7, 11) is 0. The molecule has 1 aromatic rings. The molecule has 0 spiro atoms. The lowest BCUT2D eigenvalue weighted by Crippen LogP contribution is -2.32. The van der Waals surface area contributed by atoms with E-state index in [0.717, 1.165) is 5.56 Å². The molecule has 0 unspecified atom stereocenters. The molecule has 0 N–H and O–H groups in total. The summed E-state index contributed by atoms with van der Waals surface area (Å²) in [6, 6.07) is 3.68. The van der Waals surface area contributed by atoms with Gasteiger partial charge in [0.05, 0.1) is 13.0 Å². The van der Waals surface area contributed by atoms with Gasteiger partial charge in [-0.2, -0.15) is 0 Å². The van der Waals surface area contributed by atoms with Gasteiger partial charge in [0.2, 0.25) is 0 Å². The fraction of sp³-hybridized carbons (Fsp3) is 0.455. The highest BCUT2D eigenvalue weighted by Gasteiger charge is 2.14. The number of pyridine rings is 1. The number of rotatable bonds is 5. The van der Waals surface area contributed by atoms with Gasteiger partial charge in [0, 0.05) is 12.7 Å². The molecule has 1 aromatic heterocycles. The van der Waals surface area contributed by atoms with E-state index in [0.29, 0.717) is 24.2 Å². The predicted molar refractivity (Wildman–Crippen MR) is 64.7 cm³/mol. The zero-order valence-electron chi connectivity index (χ0n) is 9.44. The molecule has 0 saturated carbocycles. The van der Waals surface area contributed by atoms with E-state index in [1.165, 1.54) is 5.06 Å². The predicted octanol–water partition coefficient (Wildman–Crippen LogP) is 2.19. The van der Waals surface area contributed by atoms with Crippen LogP contribution in [0.5, 0.6) is 0 Å². The summed E-state index contributed by atoms with van der Waals surface area (Å²) in [5.74, 6) is -0.0574. The lowest BCUT2D eigenvalue weighted by Gasteiger charge is -2.19. The van der Waals surface area contributed by atoms with Gasteiger partial charge in [-0.1, -0.05) is 6.07 Å². The Kier molecular flexibility index (Phi) is 5.42. The summed E-state index contributed by atoms with van der Waals surface area (Å²) >= 11 is 3.31. The molecule has 1 rings (SSSR count). The Morgan fingerprint density at radius 3 is 2.88 bits per heavy atom. The summed E-state index contributed by atoms with van der Waals surface area (Å²) in [5, 5.41) is 1.37. The number of hydrogen-bond acceptors (Lipinski definition) is 3. The van der Waals surface area contributed by atoms with Crippen molar-refractivity contribution in [1.29, 1.82) is 0 Å². The van der Waals surface area contributed by atoms with Crippen molar-refractivity contribution in [2.24, 2.45) is 0 Å². The van der Waals surface area contributed by atoms with Crippen molar-refractivity contribution < 1.29 is 9.63 Å². The summed E-state index contributed by atoms with van der Waals surface area (Å²) in [6.07, 6.45) is 1.97. The first-order valence-electron chi connectivity index (χ1n) is 5.21. The van der Waals surface area contributed by atoms with E-state index in [2.05, 4.69) is 20.9 Å². The average Bonchev–Trinajstić information content (AvgIpc) is 2.29. The van der Waals surface area contributed by atoms with Gasteiger partial charge in [-0.25, -0.2) is 10.0 Å². The van der Waals surface area contributed by atoms with Crippen molar-refractivity contribution in [3.8, 4) is 0 Å². The molecule has 0 aliphatic rings. The van der Waals surface area contributed by atoms with Crippen LogP contribution in [0.25, 0.3) is 0 Å². The second-order valence-electron chi connectivity index (χ2n) is 3.14. The second kappa shape index (κ2) is 6.60. The lowest BCUT2D eigenvalue weighted by molar-refractivity contribution is -0.182. The number of likely N-dealkylation sites (N-methyl/N-ethyl adjacent to an activating group) is 1. The molecule has 1 amide bonds. The molecule has 1 heterocycles. The Hall–Kier alpha value is -0.940. The molecule has 5 heteroatoms. The average molecular weight is 287 g/mol. The Balaban J connectivity index is 2.66. The third kappa shape index (κ3) is 3.57. The fourth-order valence-corrected chi connectivity index (χ4v) is 1.69. The Labute approximate surface area is 104 Å². The summed E-state index contributed by atoms with van der Waals surface area (Å²) in [6.45, 7) is 4.78. The van der Waals surface area contributed by atoms with E-state index in [-0.39, 0.29) is 5.91 Å². The largest absolute Gasteiger partial charge is 0.272 e. The number of hydrogen-bond donors (Lipinski definition) is 0. The van der Waals surface area contributed by atoms with Crippen molar-refractivity contribution in [1.82, 2.24) is 10.0 Å². The summed E-state index contributed by atoms with van der Waals surface area (Å²) in [4.78, 5) is 21.1. The quantitative estimate of drug-likeness (QED) is 0.616. The minimum atomic E-state index is -0.0574.